The summed E-state index contributed by atoms with van der Waals surface area (Å²) >= 11 is 7.29. The molecule has 0 unspecified atom stereocenters. The van der Waals surface area contributed by atoms with E-state index in [0.29, 0.717) is 18.2 Å². The molecule has 19 heavy (non-hydrogen) atoms. The Morgan fingerprint density at radius 2 is 2.26 bits per heavy atom. The summed E-state index contributed by atoms with van der Waals surface area (Å²) in [5, 5.41) is 3.01. The number of alkyl halides is 1. The molecule has 0 aliphatic carbocycles. The van der Waals surface area contributed by atoms with Gasteiger partial charge in [0.25, 0.3) is 0 Å². The zero-order chi connectivity index (χ0) is 13.7. The first-order valence-corrected chi connectivity index (χ1v) is 7.48. The molecule has 2 rings (SSSR count). The van der Waals surface area contributed by atoms with Crippen LogP contribution in [0.4, 0.5) is 4.39 Å². The minimum Gasteiger partial charge on any atom is -0.490 e. The number of thiazole rings is 1. The fourth-order valence-corrected chi connectivity index (χ4v) is 2.72. The molecule has 5 heteroatoms. The molecule has 0 fully saturated rings. The van der Waals surface area contributed by atoms with Gasteiger partial charge in [0.2, 0.25) is 0 Å². The van der Waals surface area contributed by atoms with Gasteiger partial charge in [-0.15, -0.1) is 22.9 Å². The minimum atomic E-state index is -0.315. The third kappa shape index (κ3) is 4.18. The van der Waals surface area contributed by atoms with Gasteiger partial charge in [-0.25, -0.2) is 9.37 Å². The van der Waals surface area contributed by atoms with Gasteiger partial charge in [-0.2, -0.15) is 0 Å². The largest absolute Gasteiger partial charge is 0.490 e. The Morgan fingerprint density at radius 3 is 3.00 bits per heavy atom. The molecule has 1 heterocycles. The van der Waals surface area contributed by atoms with Crippen molar-refractivity contribution in [2.45, 2.75) is 25.6 Å². The van der Waals surface area contributed by atoms with Gasteiger partial charge in [0.05, 0.1) is 23.2 Å². The topological polar surface area (TPSA) is 22.1 Å². The second-order valence-corrected chi connectivity index (χ2v) is 5.46. The van der Waals surface area contributed by atoms with Crippen LogP contribution < -0.4 is 4.74 Å². The van der Waals surface area contributed by atoms with E-state index in [4.69, 9.17) is 16.3 Å². The lowest BCUT2D eigenvalue weighted by Crippen LogP contribution is -2.01. The van der Waals surface area contributed by atoms with Crippen LogP contribution in [0, 0.1) is 12.7 Å². The maximum absolute atomic E-state index is 13.4. The number of ether oxygens (including phenoxy) is 1. The summed E-state index contributed by atoms with van der Waals surface area (Å²) in [6.07, 6.45) is 1.64. The number of aromatic nitrogens is 1. The Balaban J connectivity index is 1.79. The molecule has 2 nitrogen and oxygen atoms in total. The number of rotatable bonds is 6. The third-order valence-electron chi connectivity index (χ3n) is 2.62. The van der Waals surface area contributed by atoms with E-state index in [9.17, 15) is 4.39 Å². The summed E-state index contributed by atoms with van der Waals surface area (Å²) in [7, 11) is 0. The first kappa shape index (κ1) is 14.3. The molecule has 2 aromatic rings. The zero-order valence-corrected chi connectivity index (χ0v) is 12.2. The molecule has 1 aromatic heterocycles. The van der Waals surface area contributed by atoms with Crippen LogP contribution in [-0.4, -0.2) is 11.6 Å². The molecule has 1 aromatic carbocycles. The Bertz CT molecular complexity index is 544. The lowest BCUT2D eigenvalue weighted by atomic mass is 10.2. The van der Waals surface area contributed by atoms with Crippen molar-refractivity contribution in [3.63, 3.8) is 0 Å². The number of halogens is 2. The zero-order valence-electron chi connectivity index (χ0n) is 10.7. The summed E-state index contributed by atoms with van der Waals surface area (Å²) in [4.78, 5) is 4.36. The van der Waals surface area contributed by atoms with Crippen molar-refractivity contribution in [1.82, 2.24) is 4.98 Å². The number of hydrogen-bond acceptors (Lipinski definition) is 3. The molecule has 0 saturated heterocycles. The van der Waals surface area contributed by atoms with E-state index in [2.05, 4.69) is 4.98 Å². The molecule has 0 radical (unpaired) electrons. The molecule has 0 N–H and O–H groups in total. The highest BCUT2D eigenvalue weighted by Crippen LogP contribution is 2.19. The smallest absolute Gasteiger partial charge is 0.165 e. The van der Waals surface area contributed by atoms with Crippen LogP contribution in [0.2, 0.25) is 0 Å². The van der Waals surface area contributed by atoms with E-state index in [0.717, 1.165) is 29.1 Å². The van der Waals surface area contributed by atoms with Gasteiger partial charge in [-0.3, -0.25) is 0 Å². The second kappa shape index (κ2) is 6.87. The molecule has 102 valence electrons. The Kier molecular flexibility index (Phi) is 5.16. The van der Waals surface area contributed by atoms with Crippen molar-refractivity contribution >= 4 is 22.9 Å². The molecule has 0 atom stereocenters. The summed E-state index contributed by atoms with van der Waals surface area (Å²) in [5.41, 5.74) is 1.90. The summed E-state index contributed by atoms with van der Waals surface area (Å²) in [6, 6.07) is 4.87. The molecular formula is C14H15ClFNOS. The number of hydrogen-bond donors (Lipinski definition) is 0. The number of benzene rings is 1. The van der Waals surface area contributed by atoms with E-state index in [1.54, 1.807) is 23.5 Å². The SMILES string of the molecule is Cc1ccc(F)c(OCCCc2nc(CCl)cs2)c1. The predicted octanol–water partition coefficient (Wildman–Crippen LogP) is 4.34. The van der Waals surface area contributed by atoms with Crippen LogP contribution in [0.5, 0.6) is 5.75 Å². The molecule has 0 aliphatic heterocycles. The fourth-order valence-electron chi connectivity index (χ4n) is 1.65. The predicted molar refractivity (Wildman–Crippen MR) is 76.6 cm³/mol. The molecule has 0 bridgehead atoms. The van der Waals surface area contributed by atoms with Crippen molar-refractivity contribution in [3.8, 4) is 5.75 Å². The lowest BCUT2D eigenvalue weighted by molar-refractivity contribution is 0.295. The quantitative estimate of drug-likeness (QED) is 0.585. The average molecular weight is 300 g/mol. The Hall–Kier alpha value is -1.13. The van der Waals surface area contributed by atoms with Crippen LogP contribution >= 0.6 is 22.9 Å². The molecule has 0 spiro atoms. The van der Waals surface area contributed by atoms with E-state index in [-0.39, 0.29) is 5.82 Å². The van der Waals surface area contributed by atoms with Crippen LogP contribution in [0.25, 0.3) is 0 Å². The molecule has 0 amide bonds. The van der Waals surface area contributed by atoms with E-state index in [1.165, 1.54) is 6.07 Å². The Labute approximate surface area is 121 Å². The van der Waals surface area contributed by atoms with Gasteiger partial charge in [0, 0.05) is 11.8 Å². The molecule has 0 aliphatic rings. The highest BCUT2D eigenvalue weighted by molar-refractivity contribution is 7.09. The minimum absolute atomic E-state index is 0.315. The van der Waals surface area contributed by atoms with Gasteiger partial charge in [0.1, 0.15) is 0 Å². The Morgan fingerprint density at radius 1 is 1.42 bits per heavy atom. The van der Waals surface area contributed by atoms with Crippen molar-refractivity contribution < 1.29 is 9.13 Å². The normalized spacial score (nSPS) is 10.7. The summed E-state index contributed by atoms with van der Waals surface area (Å²) < 4.78 is 18.9. The van der Waals surface area contributed by atoms with Gasteiger partial charge in [0.15, 0.2) is 11.6 Å². The summed E-state index contributed by atoms with van der Waals surface area (Å²) in [6.45, 7) is 2.39. The van der Waals surface area contributed by atoms with Gasteiger partial charge >= 0.3 is 0 Å². The van der Waals surface area contributed by atoms with Crippen LogP contribution in [0.15, 0.2) is 23.6 Å². The van der Waals surface area contributed by atoms with Crippen LogP contribution in [0.3, 0.4) is 0 Å². The van der Waals surface area contributed by atoms with Gasteiger partial charge in [-0.1, -0.05) is 6.07 Å². The van der Waals surface area contributed by atoms with Crippen LogP contribution in [-0.2, 0) is 12.3 Å². The number of aryl methyl sites for hydroxylation is 2. The highest BCUT2D eigenvalue weighted by atomic mass is 35.5. The average Bonchev–Trinajstić information content (AvgIpc) is 2.86. The van der Waals surface area contributed by atoms with Crippen molar-refractivity contribution in [3.05, 3.63) is 45.7 Å². The van der Waals surface area contributed by atoms with E-state index >= 15 is 0 Å². The fraction of sp³-hybridized carbons (Fsp3) is 0.357. The number of nitrogens with zero attached hydrogens (tertiary/aromatic N) is 1. The first-order chi connectivity index (χ1) is 9.19. The van der Waals surface area contributed by atoms with Gasteiger partial charge < -0.3 is 4.74 Å². The van der Waals surface area contributed by atoms with Crippen molar-refractivity contribution in [2.75, 3.05) is 6.61 Å². The monoisotopic (exact) mass is 299 g/mol. The lowest BCUT2D eigenvalue weighted by Gasteiger charge is -2.07. The third-order valence-corrected chi connectivity index (χ3v) is 3.85. The standard InChI is InChI=1S/C14H15ClFNOS/c1-10-4-5-12(16)13(7-10)18-6-2-3-14-17-11(8-15)9-19-14/h4-5,7,9H,2-3,6,8H2,1H3. The van der Waals surface area contributed by atoms with Crippen molar-refractivity contribution in [2.24, 2.45) is 0 Å². The van der Waals surface area contributed by atoms with Crippen molar-refractivity contribution in [1.29, 1.82) is 0 Å². The highest BCUT2D eigenvalue weighted by Gasteiger charge is 2.04. The first-order valence-electron chi connectivity index (χ1n) is 6.07. The summed E-state index contributed by atoms with van der Waals surface area (Å²) in [5.74, 6) is 0.450. The second-order valence-electron chi connectivity index (χ2n) is 4.25. The maximum atomic E-state index is 13.4. The van der Waals surface area contributed by atoms with Crippen LogP contribution in [0.1, 0.15) is 22.7 Å². The van der Waals surface area contributed by atoms with E-state index < -0.39 is 0 Å². The molecule has 0 saturated carbocycles. The van der Waals surface area contributed by atoms with E-state index in [1.807, 2.05) is 12.3 Å². The maximum Gasteiger partial charge on any atom is 0.165 e. The molecular weight excluding hydrogens is 285 g/mol. The van der Waals surface area contributed by atoms with Gasteiger partial charge in [-0.05, 0) is 31.0 Å².